The van der Waals surface area contributed by atoms with Crippen LogP contribution in [-0.4, -0.2) is 37.1 Å². The topological polar surface area (TPSA) is 97.9 Å². The van der Waals surface area contributed by atoms with Gasteiger partial charge in [-0.15, -0.1) is 0 Å². The van der Waals surface area contributed by atoms with Crippen molar-refractivity contribution in [1.29, 1.82) is 0 Å². The van der Waals surface area contributed by atoms with Gasteiger partial charge in [0.25, 0.3) is 0 Å². The highest BCUT2D eigenvalue weighted by Crippen LogP contribution is 2.34. The number of sulfonamides is 1. The third-order valence-corrected chi connectivity index (χ3v) is 7.67. The lowest BCUT2D eigenvalue weighted by Crippen LogP contribution is -2.30. The molecule has 2 aromatic carbocycles. The van der Waals surface area contributed by atoms with Crippen LogP contribution in [0.1, 0.15) is 45.4 Å². The number of benzene rings is 2. The molecule has 0 bridgehead atoms. The van der Waals surface area contributed by atoms with E-state index < -0.39 is 16.0 Å². The number of nitrogens with zero attached hydrogens (tertiary/aromatic N) is 1. The Morgan fingerprint density at radius 2 is 1.74 bits per heavy atom. The smallest absolute Gasteiger partial charge is 0.355 e. The van der Waals surface area contributed by atoms with Crippen molar-refractivity contribution >= 4 is 16.0 Å². The molecule has 0 amide bonds. The molecule has 8 nitrogen and oxygen atoms in total. The first-order chi connectivity index (χ1) is 16.2. The predicted octanol–water partition coefficient (Wildman–Crippen LogP) is 4.24. The number of rotatable bonds is 8. The second kappa shape index (κ2) is 9.52. The van der Waals surface area contributed by atoms with Crippen molar-refractivity contribution in [2.24, 2.45) is 0 Å². The maximum atomic E-state index is 13.7. The standard InChI is InChI=1S/C25H28N2O6S/c1-5-31-25(28)24-17(3)21(18(4)26-24)14-27(34(29,30)20-9-6-16(2)7-10-20)13-19-8-11-22-23(12-19)33-15-32-22/h6-12,26H,5,13-15H2,1-4H3. The van der Waals surface area contributed by atoms with Crippen molar-refractivity contribution < 1.29 is 27.4 Å². The van der Waals surface area contributed by atoms with E-state index in [1.165, 1.54) is 4.31 Å². The summed E-state index contributed by atoms with van der Waals surface area (Å²) in [6.07, 6.45) is 0. The molecular formula is C25H28N2O6S. The van der Waals surface area contributed by atoms with Gasteiger partial charge in [0.2, 0.25) is 16.8 Å². The molecule has 0 atom stereocenters. The molecule has 0 saturated carbocycles. The summed E-state index contributed by atoms with van der Waals surface area (Å²) < 4.78 is 44.8. The van der Waals surface area contributed by atoms with E-state index in [0.29, 0.717) is 22.8 Å². The molecule has 4 rings (SSSR count). The first-order valence-electron chi connectivity index (χ1n) is 11.0. The second-order valence-electron chi connectivity index (χ2n) is 8.22. The van der Waals surface area contributed by atoms with Crippen molar-refractivity contribution in [2.75, 3.05) is 13.4 Å². The third kappa shape index (κ3) is 4.67. The highest BCUT2D eigenvalue weighted by molar-refractivity contribution is 7.89. The second-order valence-corrected chi connectivity index (χ2v) is 10.2. The van der Waals surface area contributed by atoms with E-state index in [9.17, 15) is 13.2 Å². The highest BCUT2D eigenvalue weighted by atomic mass is 32.2. The summed E-state index contributed by atoms with van der Waals surface area (Å²) in [7, 11) is -3.85. The van der Waals surface area contributed by atoms with E-state index in [1.54, 1.807) is 50.2 Å². The minimum Gasteiger partial charge on any atom is -0.461 e. The molecule has 1 N–H and O–H groups in total. The van der Waals surface area contributed by atoms with E-state index in [2.05, 4.69) is 4.98 Å². The Bertz CT molecular complexity index is 1310. The summed E-state index contributed by atoms with van der Waals surface area (Å²) in [4.78, 5) is 15.6. The van der Waals surface area contributed by atoms with E-state index in [0.717, 1.165) is 22.4 Å². The number of carbonyl (C=O) groups is 1. The van der Waals surface area contributed by atoms with Crippen LogP contribution in [0.5, 0.6) is 11.5 Å². The summed E-state index contributed by atoms with van der Waals surface area (Å²) in [6.45, 7) is 7.86. The number of hydrogen-bond acceptors (Lipinski definition) is 6. The lowest BCUT2D eigenvalue weighted by Gasteiger charge is -2.23. The average molecular weight is 485 g/mol. The van der Waals surface area contributed by atoms with E-state index in [-0.39, 0.29) is 31.4 Å². The molecular weight excluding hydrogens is 456 g/mol. The summed E-state index contributed by atoms with van der Waals surface area (Å²) in [5.41, 5.74) is 4.19. The summed E-state index contributed by atoms with van der Waals surface area (Å²) in [5.74, 6) is 0.759. The minimum absolute atomic E-state index is 0.0816. The van der Waals surface area contributed by atoms with Gasteiger partial charge < -0.3 is 19.2 Å². The van der Waals surface area contributed by atoms with Gasteiger partial charge in [0.15, 0.2) is 11.5 Å². The number of esters is 1. The fourth-order valence-electron chi connectivity index (χ4n) is 3.94. The van der Waals surface area contributed by atoms with Crippen LogP contribution < -0.4 is 9.47 Å². The number of carbonyl (C=O) groups excluding carboxylic acids is 1. The molecule has 2 heterocycles. The Labute approximate surface area is 199 Å². The molecule has 0 fully saturated rings. The molecule has 1 aliphatic heterocycles. The van der Waals surface area contributed by atoms with Gasteiger partial charge in [-0.25, -0.2) is 13.2 Å². The van der Waals surface area contributed by atoms with Gasteiger partial charge in [-0.3, -0.25) is 0 Å². The van der Waals surface area contributed by atoms with E-state index >= 15 is 0 Å². The Morgan fingerprint density at radius 3 is 2.44 bits per heavy atom. The number of aromatic nitrogens is 1. The zero-order valence-electron chi connectivity index (χ0n) is 19.7. The number of aromatic amines is 1. The molecule has 0 aliphatic carbocycles. The molecule has 1 aliphatic rings. The molecule has 0 spiro atoms. The normalized spacial score (nSPS) is 12.9. The quantitative estimate of drug-likeness (QED) is 0.481. The van der Waals surface area contributed by atoms with Gasteiger partial charge in [-0.05, 0) is 68.7 Å². The van der Waals surface area contributed by atoms with Crippen molar-refractivity contribution in [3.63, 3.8) is 0 Å². The summed E-state index contributed by atoms with van der Waals surface area (Å²) >= 11 is 0. The third-order valence-electron chi connectivity index (χ3n) is 5.86. The SMILES string of the molecule is CCOC(=O)c1[nH]c(C)c(CN(Cc2ccc3c(c2)OCO3)S(=O)(=O)c2ccc(C)cc2)c1C. The molecule has 0 unspecified atom stereocenters. The van der Waals surface area contributed by atoms with Gasteiger partial charge in [-0.1, -0.05) is 23.8 Å². The van der Waals surface area contributed by atoms with Crippen molar-refractivity contribution in [3.05, 3.63) is 76.1 Å². The van der Waals surface area contributed by atoms with Crippen LogP contribution in [0.4, 0.5) is 0 Å². The first-order valence-corrected chi connectivity index (χ1v) is 12.4. The maximum absolute atomic E-state index is 13.7. The largest absolute Gasteiger partial charge is 0.461 e. The van der Waals surface area contributed by atoms with Crippen LogP contribution in [0.25, 0.3) is 0 Å². The maximum Gasteiger partial charge on any atom is 0.355 e. The zero-order chi connectivity index (χ0) is 24.5. The average Bonchev–Trinajstić information content (AvgIpc) is 3.38. The number of aryl methyl sites for hydroxylation is 2. The van der Waals surface area contributed by atoms with Gasteiger partial charge in [0.05, 0.1) is 11.5 Å². The number of fused-ring (bicyclic) bond motifs is 1. The number of H-pyrrole nitrogens is 1. The molecule has 9 heteroatoms. The lowest BCUT2D eigenvalue weighted by atomic mass is 10.1. The Balaban J connectivity index is 1.72. The Hall–Kier alpha value is -3.30. The number of nitrogens with one attached hydrogen (secondary N) is 1. The minimum atomic E-state index is -3.85. The van der Waals surface area contributed by atoms with Crippen molar-refractivity contribution in [3.8, 4) is 11.5 Å². The zero-order valence-corrected chi connectivity index (χ0v) is 20.5. The van der Waals surface area contributed by atoms with Crippen molar-refractivity contribution in [2.45, 2.75) is 45.7 Å². The van der Waals surface area contributed by atoms with Gasteiger partial charge in [-0.2, -0.15) is 4.31 Å². The Morgan fingerprint density at radius 1 is 1.03 bits per heavy atom. The molecule has 34 heavy (non-hydrogen) atoms. The monoisotopic (exact) mass is 484 g/mol. The van der Waals surface area contributed by atoms with Crippen LogP contribution in [0.15, 0.2) is 47.4 Å². The number of ether oxygens (including phenoxy) is 3. The molecule has 3 aromatic rings. The van der Waals surface area contributed by atoms with Crippen LogP contribution in [-0.2, 0) is 27.8 Å². The molecule has 0 saturated heterocycles. The van der Waals surface area contributed by atoms with E-state index in [4.69, 9.17) is 14.2 Å². The first kappa shape index (κ1) is 23.8. The fourth-order valence-corrected chi connectivity index (χ4v) is 5.33. The summed E-state index contributed by atoms with van der Waals surface area (Å²) in [6, 6.07) is 12.2. The molecule has 0 radical (unpaired) electrons. The predicted molar refractivity (Wildman–Crippen MR) is 126 cm³/mol. The molecule has 1 aromatic heterocycles. The Kier molecular flexibility index (Phi) is 6.67. The van der Waals surface area contributed by atoms with Crippen LogP contribution >= 0.6 is 0 Å². The number of hydrogen-bond donors (Lipinski definition) is 1. The lowest BCUT2D eigenvalue weighted by molar-refractivity contribution is 0.0519. The van der Waals surface area contributed by atoms with Gasteiger partial charge in [0, 0.05) is 18.8 Å². The summed E-state index contributed by atoms with van der Waals surface area (Å²) in [5, 5.41) is 0. The van der Waals surface area contributed by atoms with Gasteiger partial charge >= 0.3 is 5.97 Å². The van der Waals surface area contributed by atoms with Gasteiger partial charge in [0.1, 0.15) is 5.69 Å². The van der Waals surface area contributed by atoms with Crippen LogP contribution in [0.2, 0.25) is 0 Å². The van der Waals surface area contributed by atoms with Crippen LogP contribution in [0.3, 0.4) is 0 Å². The van der Waals surface area contributed by atoms with E-state index in [1.807, 2.05) is 19.9 Å². The highest BCUT2D eigenvalue weighted by Gasteiger charge is 2.29. The van der Waals surface area contributed by atoms with Crippen molar-refractivity contribution in [1.82, 2.24) is 9.29 Å². The molecule has 180 valence electrons. The fraction of sp³-hybridized carbons (Fsp3) is 0.320. The van der Waals surface area contributed by atoms with Crippen LogP contribution in [0, 0.1) is 20.8 Å².